The fraction of sp³-hybridized carbons (Fsp3) is 0.917. The van der Waals surface area contributed by atoms with Gasteiger partial charge in [-0.3, -0.25) is 4.79 Å². The number of esters is 1. The minimum absolute atomic E-state index is 0.0639. The first-order chi connectivity index (χ1) is 11.1. The first-order valence-corrected chi connectivity index (χ1v) is 6.65. The van der Waals surface area contributed by atoms with E-state index >= 15 is 0 Å². The first-order valence-electron chi connectivity index (χ1n) is 6.65. The second-order valence-corrected chi connectivity index (χ2v) is 4.29. The summed E-state index contributed by atoms with van der Waals surface area (Å²) in [4.78, 5) is 50.1. The van der Waals surface area contributed by atoms with Gasteiger partial charge in [-0.1, -0.05) is 0 Å². The number of hydrogen-bond acceptors (Lipinski definition) is 11. The normalized spacial score (nSPS) is 31.1. The SMILES string of the molecule is COOC[C@H]1OC(OC(C)=O)[C@@H](OOC)[C@@H](OOC)[C@@H]1OOC. The molecule has 0 radical (unpaired) electrons. The molecule has 23 heavy (non-hydrogen) atoms. The van der Waals surface area contributed by atoms with E-state index in [0.29, 0.717) is 0 Å². The Balaban J connectivity index is 3.01. The Bertz CT molecular complexity index is 339. The van der Waals surface area contributed by atoms with Gasteiger partial charge in [-0.2, -0.15) is 0 Å². The summed E-state index contributed by atoms with van der Waals surface area (Å²) in [5.41, 5.74) is 0. The molecule has 1 aliphatic heterocycles. The van der Waals surface area contributed by atoms with Crippen molar-refractivity contribution in [2.24, 2.45) is 0 Å². The summed E-state index contributed by atoms with van der Waals surface area (Å²) in [5, 5.41) is 0. The van der Waals surface area contributed by atoms with Gasteiger partial charge in [0.05, 0.1) is 28.4 Å². The number of hydrogen-bond donors (Lipinski definition) is 0. The van der Waals surface area contributed by atoms with Crippen LogP contribution in [0.1, 0.15) is 6.92 Å². The number of ether oxygens (including phenoxy) is 2. The quantitative estimate of drug-likeness (QED) is 0.296. The van der Waals surface area contributed by atoms with Crippen LogP contribution < -0.4 is 0 Å². The fourth-order valence-corrected chi connectivity index (χ4v) is 2.07. The smallest absolute Gasteiger partial charge is 0.305 e. The Labute approximate surface area is 133 Å². The summed E-state index contributed by atoms with van der Waals surface area (Å²) in [6.07, 6.45) is -4.74. The standard InChI is InChI=1S/C12H22O11/c1-7(13)19-12-11(23-17-5)10(22-16-4)9(21-15-3)8(20-12)6-18-14-2/h8-12H,6H2,1-5H3/t8-,9-,10+,11+,12?/m1/s1. The van der Waals surface area contributed by atoms with Crippen molar-refractivity contribution in [2.45, 2.75) is 37.6 Å². The van der Waals surface area contributed by atoms with E-state index in [1.807, 2.05) is 0 Å². The van der Waals surface area contributed by atoms with Gasteiger partial charge in [0.15, 0.2) is 18.3 Å². The average molecular weight is 342 g/mol. The molecule has 1 saturated heterocycles. The molecule has 1 aliphatic rings. The molecule has 0 aromatic rings. The van der Waals surface area contributed by atoms with Crippen LogP contribution in [0.4, 0.5) is 0 Å². The lowest BCUT2D eigenvalue weighted by molar-refractivity contribution is -0.468. The highest BCUT2D eigenvalue weighted by Crippen LogP contribution is 2.29. The van der Waals surface area contributed by atoms with Crippen LogP contribution >= 0.6 is 0 Å². The summed E-state index contributed by atoms with van der Waals surface area (Å²) >= 11 is 0. The molecule has 1 unspecified atom stereocenters. The van der Waals surface area contributed by atoms with Crippen LogP contribution in [-0.4, -0.2) is 71.7 Å². The van der Waals surface area contributed by atoms with Gasteiger partial charge < -0.3 is 9.47 Å². The van der Waals surface area contributed by atoms with Crippen LogP contribution in [0.25, 0.3) is 0 Å². The zero-order chi connectivity index (χ0) is 17.2. The van der Waals surface area contributed by atoms with E-state index in [4.69, 9.17) is 38.8 Å². The lowest BCUT2D eigenvalue weighted by Gasteiger charge is -2.42. The Kier molecular flexibility index (Phi) is 9.47. The van der Waals surface area contributed by atoms with Gasteiger partial charge in [0.25, 0.3) is 0 Å². The number of carbonyl (C=O) groups excluding carboxylic acids is 1. The van der Waals surface area contributed by atoms with E-state index in [1.165, 1.54) is 35.4 Å². The molecule has 0 saturated carbocycles. The van der Waals surface area contributed by atoms with Gasteiger partial charge in [0, 0.05) is 6.92 Å². The van der Waals surface area contributed by atoms with Gasteiger partial charge in [-0.25, -0.2) is 39.1 Å². The predicted molar refractivity (Wildman–Crippen MR) is 69.0 cm³/mol. The minimum atomic E-state index is -1.16. The van der Waals surface area contributed by atoms with E-state index in [0.717, 1.165) is 0 Å². The maximum absolute atomic E-state index is 11.3. The Hall–Kier alpha value is -0.890. The molecular formula is C12H22O11. The Morgan fingerprint density at radius 1 is 0.870 bits per heavy atom. The summed E-state index contributed by atoms with van der Waals surface area (Å²) in [7, 11) is 5.21. The Morgan fingerprint density at radius 2 is 1.43 bits per heavy atom. The lowest BCUT2D eigenvalue weighted by Crippen LogP contribution is -2.62. The molecule has 1 heterocycles. The van der Waals surface area contributed by atoms with Crippen molar-refractivity contribution in [3.63, 3.8) is 0 Å². The van der Waals surface area contributed by atoms with Gasteiger partial charge >= 0.3 is 5.97 Å². The summed E-state index contributed by atoms with van der Waals surface area (Å²) in [6, 6.07) is 0. The van der Waals surface area contributed by atoms with Gasteiger partial charge in [-0.15, -0.1) is 0 Å². The van der Waals surface area contributed by atoms with Gasteiger partial charge in [-0.05, 0) is 0 Å². The van der Waals surface area contributed by atoms with Crippen molar-refractivity contribution in [1.82, 2.24) is 0 Å². The molecule has 0 aromatic heterocycles. The second-order valence-electron chi connectivity index (χ2n) is 4.29. The molecule has 0 aromatic carbocycles. The first kappa shape index (κ1) is 20.2. The van der Waals surface area contributed by atoms with E-state index in [-0.39, 0.29) is 6.61 Å². The van der Waals surface area contributed by atoms with Crippen molar-refractivity contribution in [3.8, 4) is 0 Å². The van der Waals surface area contributed by atoms with Crippen LogP contribution in [-0.2, 0) is 53.4 Å². The molecule has 0 aliphatic carbocycles. The third-order valence-corrected chi connectivity index (χ3v) is 2.85. The lowest BCUT2D eigenvalue weighted by atomic mass is 9.99. The second kappa shape index (κ2) is 10.8. The van der Waals surface area contributed by atoms with E-state index < -0.39 is 36.7 Å². The van der Waals surface area contributed by atoms with Gasteiger partial charge in [0.2, 0.25) is 6.29 Å². The van der Waals surface area contributed by atoms with Crippen molar-refractivity contribution in [1.29, 1.82) is 0 Å². The molecular weight excluding hydrogens is 320 g/mol. The predicted octanol–water partition coefficient (Wildman–Crippen LogP) is -0.308. The molecule has 5 atom stereocenters. The monoisotopic (exact) mass is 342 g/mol. The van der Waals surface area contributed by atoms with Crippen LogP contribution in [0, 0.1) is 0 Å². The number of carbonyl (C=O) groups is 1. The van der Waals surface area contributed by atoms with E-state index in [9.17, 15) is 4.79 Å². The number of rotatable bonds is 10. The summed E-state index contributed by atoms with van der Waals surface area (Å²) < 4.78 is 10.7. The largest absolute Gasteiger partial charge is 0.433 e. The van der Waals surface area contributed by atoms with Crippen LogP contribution in [0.2, 0.25) is 0 Å². The minimum Gasteiger partial charge on any atom is -0.433 e. The molecule has 1 fully saturated rings. The van der Waals surface area contributed by atoms with E-state index in [2.05, 4.69) is 9.78 Å². The highest BCUT2D eigenvalue weighted by Gasteiger charge is 2.52. The average Bonchev–Trinajstić information content (AvgIpc) is 2.51. The van der Waals surface area contributed by atoms with Crippen LogP contribution in [0.5, 0.6) is 0 Å². The van der Waals surface area contributed by atoms with Crippen molar-refractivity contribution >= 4 is 5.97 Å². The topological polar surface area (TPSA) is 109 Å². The molecule has 11 nitrogen and oxygen atoms in total. The molecule has 136 valence electrons. The maximum Gasteiger partial charge on any atom is 0.305 e. The summed E-state index contributed by atoms with van der Waals surface area (Å²) in [5.74, 6) is -0.589. The van der Waals surface area contributed by atoms with Crippen molar-refractivity contribution in [3.05, 3.63) is 0 Å². The third-order valence-electron chi connectivity index (χ3n) is 2.85. The Morgan fingerprint density at radius 3 is 1.96 bits per heavy atom. The molecule has 0 bridgehead atoms. The van der Waals surface area contributed by atoms with Crippen molar-refractivity contribution < 1.29 is 53.4 Å². The zero-order valence-corrected chi connectivity index (χ0v) is 13.6. The molecule has 0 spiro atoms. The van der Waals surface area contributed by atoms with Crippen molar-refractivity contribution in [2.75, 3.05) is 35.0 Å². The molecule has 11 heteroatoms. The highest BCUT2D eigenvalue weighted by atomic mass is 17.2. The molecule has 0 N–H and O–H groups in total. The summed E-state index contributed by atoms with van der Waals surface area (Å²) in [6.45, 7) is 1.16. The highest BCUT2D eigenvalue weighted by molar-refractivity contribution is 5.66. The third kappa shape index (κ3) is 5.91. The van der Waals surface area contributed by atoms with Gasteiger partial charge in [0.1, 0.15) is 12.7 Å². The maximum atomic E-state index is 11.3. The fourth-order valence-electron chi connectivity index (χ4n) is 2.07. The van der Waals surface area contributed by atoms with E-state index in [1.54, 1.807) is 0 Å². The van der Waals surface area contributed by atoms with Crippen LogP contribution in [0.15, 0.2) is 0 Å². The molecule has 1 rings (SSSR count). The molecule has 0 amide bonds. The van der Waals surface area contributed by atoms with Crippen LogP contribution in [0.3, 0.4) is 0 Å². The zero-order valence-electron chi connectivity index (χ0n) is 13.6.